The summed E-state index contributed by atoms with van der Waals surface area (Å²) < 4.78 is 2.09. The van der Waals surface area contributed by atoms with E-state index in [1.165, 1.54) is 10.4 Å². The molecule has 3 rings (SSSR count). The van der Waals surface area contributed by atoms with Gasteiger partial charge in [0.05, 0.1) is 11.0 Å². The molecule has 5 heteroatoms. The Morgan fingerprint density at radius 2 is 2.17 bits per heavy atom. The van der Waals surface area contributed by atoms with Crippen molar-refractivity contribution in [1.29, 1.82) is 0 Å². The summed E-state index contributed by atoms with van der Waals surface area (Å²) in [5.74, 6) is 1.13. The summed E-state index contributed by atoms with van der Waals surface area (Å²) in [6.45, 7) is 2.67. The number of imidazole rings is 1. The van der Waals surface area contributed by atoms with Gasteiger partial charge in [-0.1, -0.05) is 12.1 Å². The minimum Gasteiger partial charge on any atom is -0.356 e. The van der Waals surface area contributed by atoms with Crippen LogP contribution in [0.4, 0.5) is 0 Å². The molecule has 1 aromatic carbocycles. The number of carbonyl (C=O) groups is 1. The normalized spacial score (nSPS) is 11.0. The Balaban J connectivity index is 1.49. The van der Waals surface area contributed by atoms with Gasteiger partial charge < -0.3 is 9.88 Å². The number of amides is 1. The van der Waals surface area contributed by atoms with Crippen LogP contribution in [0.5, 0.6) is 0 Å². The highest BCUT2D eigenvalue weighted by atomic mass is 32.1. The Morgan fingerprint density at radius 1 is 1.30 bits per heavy atom. The monoisotopic (exact) mass is 327 g/mol. The van der Waals surface area contributed by atoms with Crippen molar-refractivity contribution in [2.24, 2.45) is 7.05 Å². The average molecular weight is 327 g/mol. The Labute approximate surface area is 140 Å². The van der Waals surface area contributed by atoms with Gasteiger partial charge in [-0.2, -0.15) is 0 Å². The number of aryl methyl sites for hydroxylation is 3. The van der Waals surface area contributed by atoms with Crippen molar-refractivity contribution in [3.05, 3.63) is 52.0 Å². The molecule has 0 bridgehead atoms. The van der Waals surface area contributed by atoms with Crippen molar-refractivity contribution in [2.45, 2.75) is 26.2 Å². The number of carbonyl (C=O) groups excluding carboxylic acids is 1. The lowest BCUT2D eigenvalue weighted by Crippen LogP contribution is -2.25. The van der Waals surface area contributed by atoms with Crippen molar-refractivity contribution in [3.63, 3.8) is 0 Å². The first-order valence-electron chi connectivity index (χ1n) is 7.84. The fourth-order valence-electron chi connectivity index (χ4n) is 2.65. The number of benzene rings is 1. The standard InChI is InChI=1S/C18H21N3OS/c1-13-20-16-12-14(5-7-17(16)21(13)2)9-10-19-18(22)8-6-15-4-3-11-23-15/h3-5,7,11-12H,6,8-10H2,1-2H3,(H,19,22). The van der Waals surface area contributed by atoms with Crippen LogP contribution < -0.4 is 5.32 Å². The molecular formula is C18H21N3OS. The van der Waals surface area contributed by atoms with Crippen LogP contribution in [0.15, 0.2) is 35.7 Å². The second-order valence-electron chi connectivity index (χ2n) is 5.72. The van der Waals surface area contributed by atoms with Gasteiger partial charge in [0.15, 0.2) is 0 Å². The second-order valence-corrected chi connectivity index (χ2v) is 6.75. The summed E-state index contributed by atoms with van der Waals surface area (Å²) in [4.78, 5) is 17.7. The molecular weight excluding hydrogens is 306 g/mol. The smallest absolute Gasteiger partial charge is 0.220 e. The fourth-order valence-corrected chi connectivity index (χ4v) is 3.36. The van der Waals surface area contributed by atoms with E-state index in [1.54, 1.807) is 11.3 Å². The van der Waals surface area contributed by atoms with Crippen molar-refractivity contribution in [2.75, 3.05) is 6.54 Å². The topological polar surface area (TPSA) is 46.9 Å². The Hall–Kier alpha value is -2.14. The maximum atomic E-state index is 11.9. The summed E-state index contributed by atoms with van der Waals surface area (Å²) in [6, 6.07) is 10.4. The molecule has 0 spiro atoms. The van der Waals surface area contributed by atoms with E-state index in [1.807, 2.05) is 25.4 Å². The number of thiophene rings is 1. The van der Waals surface area contributed by atoms with Gasteiger partial charge in [0.25, 0.3) is 0 Å². The number of hydrogen-bond acceptors (Lipinski definition) is 3. The first-order valence-corrected chi connectivity index (χ1v) is 8.72. The highest BCUT2D eigenvalue weighted by Crippen LogP contribution is 2.16. The molecule has 0 fully saturated rings. The molecule has 2 heterocycles. The Morgan fingerprint density at radius 3 is 2.96 bits per heavy atom. The van der Waals surface area contributed by atoms with Gasteiger partial charge in [-0.25, -0.2) is 4.98 Å². The first kappa shape index (κ1) is 15.7. The zero-order valence-corrected chi connectivity index (χ0v) is 14.3. The molecule has 0 radical (unpaired) electrons. The molecule has 0 atom stereocenters. The molecule has 4 nitrogen and oxygen atoms in total. The molecule has 23 heavy (non-hydrogen) atoms. The molecule has 0 saturated heterocycles. The minimum absolute atomic E-state index is 0.119. The Bertz CT molecular complexity index is 805. The van der Waals surface area contributed by atoms with Crippen molar-refractivity contribution >= 4 is 28.3 Å². The predicted octanol–water partition coefficient (Wildman–Crippen LogP) is 3.23. The third-order valence-electron chi connectivity index (χ3n) is 4.08. The third-order valence-corrected chi connectivity index (χ3v) is 5.02. The van der Waals surface area contributed by atoms with E-state index in [0.717, 1.165) is 29.7 Å². The molecule has 120 valence electrons. The van der Waals surface area contributed by atoms with Crippen LogP contribution in [-0.2, 0) is 24.7 Å². The maximum absolute atomic E-state index is 11.9. The quantitative estimate of drug-likeness (QED) is 0.755. The SMILES string of the molecule is Cc1nc2cc(CCNC(=O)CCc3cccs3)ccc2n1C. The van der Waals surface area contributed by atoms with Crippen LogP contribution in [0.2, 0.25) is 0 Å². The van der Waals surface area contributed by atoms with Gasteiger partial charge in [0, 0.05) is 24.9 Å². The number of nitrogens with one attached hydrogen (secondary N) is 1. The van der Waals surface area contributed by atoms with Crippen LogP contribution in [0.3, 0.4) is 0 Å². The van der Waals surface area contributed by atoms with Crippen LogP contribution in [0.1, 0.15) is 22.7 Å². The zero-order valence-electron chi connectivity index (χ0n) is 13.5. The lowest BCUT2D eigenvalue weighted by Gasteiger charge is -2.05. The Kier molecular flexibility index (Phi) is 4.76. The molecule has 0 unspecified atom stereocenters. The van der Waals surface area contributed by atoms with Crippen LogP contribution in [0, 0.1) is 6.92 Å². The van der Waals surface area contributed by atoms with Gasteiger partial charge in [0.1, 0.15) is 5.82 Å². The van der Waals surface area contributed by atoms with Crippen molar-refractivity contribution in [1.82, 2.24) is 14.9 Å². The number of fused-ring (bicyclic) bond motifs is 1. The van der Waals surface area contributed by atoms with E-state index in [0.29, 0.717) is 13.0 Å². The van der Waals surface area contributed by atoms with E-state index < -0.39 is 0 Å². The second kappa shape index (κ2) is 6.96. The largest absolute Gasteiger partial charge is 0.356 e. The number of rotatable bonds is 6. The van der Waals surface area contributed by atoms with Crippen LogP contribution in [-0.4, -0.2) is 22.0 Å². The molecule has 2 aromatic heterocycles. The van der Waals surface area contributed by atoms with E-state index in [-0.39, 0.29) is 5.91 Å². The summed E-state index contributed by atoms with van der Waals surface area (Å²) in [5, 5.41) is 5.04. The number of aromatic nitrogens is 2. The molecule has 0 aliphatic heterocycles. The van der Waals surface area contributed by atoms with E-state index in [9.17, 15) is 4.79 Å². The number of hydrogen-bond donors (Lipinski definition) is 1. The first-order chi connectivity index (χ1) is 11.1. The summed E-state index contributed by atoms with van der Waals surface area (Å²) in [5.41, 5.74) is 3.37. The van der Waals surface area contributed by atoms with Crippen molar-refractivity contribution in [3.8, 4) is 0 Å². The third kappa shape index (κ3) is 3.79. The summed E-state index contributed by atoms with van der Waals surface area (Å²) in [6.07, 6.45) is 2.21. The highest BCUT2D eigenvalue weighted by Gasteiger charge is 2.06. The van der Waals surface area contributed by atoms with Gasteiger partial charge in [-0.15, -0.1) is 11.3 Å². The summed E-state index contributed by atoms with van der Waals surface area (Å²) >= 11 is 1.70. The van der Waals surface area contributed by atoms with Crippen LogP contribution >= 0.6 is 11.3 Å². The highest BCUT2D eigenvalue weighted by molar-refractivity contribution is 7.09. The minimum atomic E-state index is 0.119. The molecule has 1 N–H and O–H groups in total. The van der Waals surface area contributed by atoms with Crippen LogP contribution in [0.25, 0.3) is 11.0 Å². The molecule has 0 saturated carbocycles. The lowest BCUT2D eigenvalue weighted by molar-refractivity contribution is -0.121. The zero-order chi connectivity index (χ0) is 16.2. The molecule has 3 aromatic rings. The van der Waals surface area contributed by atoms with E-state index in [2.05, 4.69) is 39.1 Å². The van der Waals surface area contributed by atoms with Gasteiger partial charge in [-0.05, 0) is 48.9 Å². The predicted molar refractivity (Wildman–Crippen MR) is 94.8 cm³/mol. The fraction of sp³-hybridized carbons (Fsp3) is 0.333. The molecule has 0 aliphatic carbocycles. The van der Waals surface area contributed by atoms with Gasteiger partial charge in [-0.3, -0.25) is 4.79 Å². The van der Waals surface area contributed by atoms with E-state index in [4.69, 9.17) is 0 Å². The molecule has 1 amide bonds. The van der Waals surface area contributed by atoms with E-state index >= 15 is 0 Å². The lowest BCUT2D eigenvalue weighted by atomic mass is 10.1. The average Bonchev–Trinajstić information content (AvgIpc) is 3.14. The van der Waals surface area contributed by atoms with Crippen molar-refractivity contribution < 1.29 is 4.79 Å². The summed E-state index contributed by atoms with van der Waals surface area (Å²) in [7, 11) is 2.03. The maximum Gasteiger partial charge on any atom is 0.220 e. The van der Waals surface area contributed by atoms with Gasteiger partial charge in [0.2, 0.25) is 5.91 Å². The number of nitrogens with zero attached hydrogens (tertiary/aromatic N) is 2. The molecule has 0 aliphatic rings. The van der Waals surface area contributed by atoms with Gasteiger partial charge >= 0.3 is 0 Å².